The van der Waals surface area contributed by atoms with Crippen molar-refractivity contribution in [3.8, 4) is 11.5 Å². The maximum Gasteiger partial charge on any atom is 1.00 e. The van der Waals surface area contributed by atoms with E-state index in [9.17, 15) is 4.39 Å². The number of ether oxygens (including phenoxy) is 2. The normalized spacial score (nSPS) is 18.6. The quantitative estimate of drug-likeness (QED) is 0.630. The molecule has 5 heteroatoms. The molecule has 2 aromatic rings. The molecule has 122 valence electrons. The van der Waals surface area contributed by atoms with Crippen LogP contribution in [0.5, 0.6) is 11.5 Å². The third-order valence-electron chi connectivity index (χ3n) is 4.17. The zero-order chi connectivity index (χ0) is 16.6. The van der Waals surface area contributed by atoms with Crippen LogP contribution >= 0.6 is 11.6 Å². The second-order valence-electron chi connectivity index (χ2n) is 5.72. The molecular formula is C19H18ClFLiO2-. The van der Waals surface area contributed by atoms with Gasteiger partial charge in [0.1, 0.15) is 5.82 Å². The Bertz CT molecular complexity index is 733. The third-order valence-corrected chi connectivity index (χ3v) is 4.40. The number of fused-ring (bicyclic) bond motifs is 1. The van der Waals surface area contributed by atoms with E-state index in [1.165, 1.54) is 6.07 Å². The van der Waals surface area contributed by atoms with Gasteiger partial charge in [0, 0.05) is 11.9 Å². The summed E-state index contributed by atoms with van der Waals surface area (Å²) in [5, 5.41) is 0.334. The first-order valence-electron chi connectivity index (χ1n) is 7.53. The maximum absolute atomic E-state index is 14.3. The molecule has 1 heterocycles. The van der Waals surface area contributed by atoms with E-state index in [1.807, 2.05) is 18.2 Å². The van der Waals surface area contributed by atoms with Crippen LogP contribution in [-0.2, 0) is 5.79 Å². The number of hydrogen-bond donors (Lipinski definition) is 0. The topological polar surface area (TPSA) is 18.5 Å². The number of halogens is 2. The van der Waals surface area contributed by atoms with Crippen LogP contribution in [0.2, 0.25) is 5.02 Å². The largest absolute Gasteiger partial charge is 1.00 e. The van der Waals surface area contributed by atoms with Gasteiger partial charge in [0.25, 0.3) is 5.79 Å². The van der Waals surface area contributed by atoms with Crippen LogP contribution in [-0.4, -0.2) is 0 Å². The first-order chi connectivity index (χ1) is 11.0. The summed E-state index contributed by atoms with van der Waals surface area (Å²) >= 11 is 5.83. The van der Waals surface area contributed by atoms with Crippen LogP contribution < -0.4 is 28.3 Å². The minimum absolute atomic E-state index is 0. The Morgan fingerprint density at radius 2 is 1.88 bits per heavy atom. The van der Waals surface area contributed by atoms with Gasteiger partial charge in [-0.25, -0.2) is 4.39 Å². The van der Waals surface area contributed by atoms with Crippen molar-refractivity contribution < 1.29 is 32.7 Å². The Hall–Kier alpha value is -1.14. The summed E-state index contributed by atoms with van der Waals surface area (Å²) in [5.41, 5.74) is 1.30. The summed E-state index contributed by atoms with van der Waals surface area (Å²) < 4.78 is 26.3. The van der Waals surface area contributed by atoms with Crippen LogP contribution in [0.25, 0.3) is 0 Å². The fraction of sp³-hybridized carbons (Fsp3) is 0.263. The molecule has 0 amide bonds. The van der Waals surface area contributed by atoms with Gasteiger partial charge in [-0.15, -0.1) is 0 Å². The van der Waals surface area contributed by atoms with Crippen LogP contribution in [0.4, 0.5) is 4.39 Å². The molecule has 2 nitrogen and oxygen atoms in total. The van der Waals surface area contributed by atoms with Crippen molar-refractivity contribution in [3.63, 3.8) is 0 Å². The molecule has 24 heavy (non-hydrogen) atoms. The molecule has 0 N–H and O–H groups in total. The van der Waals surface area contributed by atoms with E-state index in [4.69, 9.17) is 21.1 Å². The van der Waals surface area contributed by atoms with Gasteiger partial charge in [0.15, 0.2) is 11.5 Å². The summed E-state index contributed by atoms with van der Waals surface area (Å²) in [6.45, 7) is 9.63. The summed E-state index contributed by atoms with van der Waals surface area (Å²) in [4.78, 5) is 0. The molecule has 1 aliphatic heterocycles. The molecule has 0 bridgehead atoms. The zero-order valence-corrected chi connectivity index (χ0v) is 14.7. The predicted octanol–water partition coefficient (Wildman–Crippen LogP) is 2.66. The van der Waals surface area contributed by atoms with Crippen molar-refractivity contribution >= 4 is 11.6 Å². The molecular weight excluding hydrogens is 322 g/mol. The van der Waals surface area contributed by atoms with Gasteiger partial charge in [-0.3, -0.25) is 0 Å². The fourth-order valence-electron chi connectivity index (χ4n) is 2.89. The molecule has 1 unspecified atom stereocenters. The molecule has 1 aliphatic rings. The number of hydrogen-bond acceptors (Lipinski definition) is 2. The second-order valence-corrected chi connectivity index (χ2v) is 6.16. The first-order valence-corrected chi connectivity index (χ1v) is 7.91. The van der Waals surface area contributed by atoms with Crippen molar-refractivity contribution in [3.05, 3.63) is 72.2 Å². The summed E-state index contributed by atoms with van der Waals surface area (Å²) in [7, 11) is 0. The van der Waals surface area contributed by atoms with Crippen molar-refractivity contribution in [2.24, 2.45) is 0 Å². The summed E-state index contributed by atoms with van der Waals surface area (Å²) in [6, 6.07) is 10.2. The predicted molar refractivity (Wildman–Crippen MR) is 89.1 cm³/mol. The van der Waals surface area contributed by atoms with Crippen LogP contribution in [0, 0.1) is 19.7 Å². The average molecular weight is 340 g/mol. The van der Waals surface area contributed by atoms with Crippen molar-refractivity contribution in [2.75, 3.05) is 0 Å². The molecule has 0 saturated heterocycles. The second kappa shape index (κ2) is 7.40. The minimum atomic E-state index is -1.22. The molecule has 0 fully saturated rings. The Balaban J connectivity index is 0.00000208. The van der Waals surface area contributed by atoms with E-state index in [-0.39, 0.29) is 24.8 Å². The smallest absolute Gasteiger partial charge is 0.444 e. The monoisotopic (exact) mass is 339 g/mol. The molecule has 0 aromatic heterocycles. The van der Waals surface area contributed by atoms with Crippen LogP contribution in [0.3, 0.4) is 0 Å². The summed E-state index contributed by atoms with van der Waals surface area (Å²) in [5.74, 6) is -0.265. The van der Waals surface area contributed by atoms with Gasteiger partial charge in [0.2, 0.25) is 0 Å². The van der Waals surface area contributed by atoms with Crippen LogP contribution in [0.15, 0.2) is 36.4 Å². The summed E-state index contributed by atoms with van der Waals surface area (Å²) in [6.07, 6.45) is 1.41. The van der Waals surface area contributed by atoms with Gasteiger partial charge in [-0.1, -0.05) is 29.7 Å². The number of rotatable bonds is 4. The molecule has 3 rings (SSSR count). The SMILES string of the molecule is [CH2-]CC(C[CH2-])c1cccc2c1OC(C)(c1ccc(Cl)cc1F)O2.[Li+]. The van der Waals surface area contributed by atoms with Gasteiger partial charge in [-0.05, 0) is 29.8 Å². The number of benzene rings is 2. The van der Waals surface area contributed by atoms with Crippen molar-refractivity contribution in [1.29, 1.82) is 0 Å². The molecule has 0 aliphatic carbocycles. The van der Waals surface area contributed by atoms with Gasteiger partial charge in [0.05, 0.1) is 5.56 Å². The molecule has 1 atom stereocenters. The molecule has 0 saturated carbocycles. The molecule has 0 radical (unpaired) electrons. The minimum Gasteiger partial charge on any atom is -0.444 e. The van der Waals surface area contributed by atoms with E-state index in [2.05, 4.69) is 13.8 Å². The Labute approximate surface area is 159 Å². The van der Waals surface area contributed by atoms with E-state index >= 15 is 0 Å². The van der Waals surface area contributed by atoms with E-state index in [0.717, 1.165) is 5.56 Å². The van der Waals surface area contributed by atoms with Gasteiger partial charge >= 0.3 is 18.9 Å². The average Bonchev–Trinajstić information content (AvgIpc) is 2.86. The van der Waals surface area contributed by atoms with Gasteiger partial charge in [-0.2, -0.15) is 12.8 Å². The van der Waals surface area contributed by atoms with E-state index < -0.39 is 11.6 Å². The van der Waals surface area contributed by atoms with Crippen molar-refractivity contribution in [2.45, 2.75) is 31.5 Å². The molecule has 0 spiro atoms. The fourth-order valence-corrected chi connectivity index (χ4v) is 3.05. The van der Waals surface area contributed by atoms with Crippen molar-refractivity contribution in [1.82, 2.24) is 0 Å². The zero-order valence-electron chi connectivity index (χ0n) is 13.9. The van der Waals surface area contributed by atoms with E-state index in [0.29, 0.717) is 34.9 Å². The standard InChI is InChI=1S/C19H18ClFO2.Li/c1-4-12(5-2)14-7-6-8-17-18(14)23-19(3,22-17)15-10-9-13(20)11-16(15)21;/h6-12H,1-2,4-5H2,3H3;/q-2;+1. The third kappa shape index (κ3) is 3.31. The molecule has 2 aromatic carbocycles. The number of para-hydroxylation sites is 1. The first kappa shape index (κ1) is 19.2. The van der Waals surface area contributed by atoms with Crippen LogP contribution in [0.1, 0.15) is 36.8 Å². The van der Waals surface area contributed by atoms with Gasteiger partial charge < -0.3 is 23.3 Å². The van der Waals surface area contributed by atoms with E-state index in [1.54, 1.807) is 19.1 Å². The Kier molecular flexibility index (Phi) is 5.91. The Morgan fingerprint density at radius 1 is 1.17 bits per heavy atom. The Morgan fingerprint density at radius 3 is 2.50 bits per heavy atom. The maximum atomic E-state index is 14.3.